The molecule has 1 N–H and O–H groups in total. The van der Waals surface area contributed by atoms with E-state index in [-0.39, 0.29) is 0 Å². The van der Waals surface area contributed by atoms with Gasteiger partial charge in [-0.05, 0) is 19.1 Å². The molecule has 0 spiro atoms. The van der Waals surface area contributed by atoms with Crippen molar-refractivity contribution in [1.82, 2.24) is 4.98 Å². The Hall–Kier alpha value is -0.910. The number of hydrogen-bond donors (Lipinski definition) is 1. The van der Waals surface area contributed by atoms with E-state index >= 15 is 0 Å². The number of hydrogen-bond acceptors (Lipinski definition) is 4. The van der Waals surface area contributed by atoms with Gasteiger partial charge < -0.3 is 0 Å². The van der Waals surface area contributed by atoms with Crippen molar-refractivity contribution >= 4 is 50.2 Å². The monoisotopic (exact) mass is 329 g/mol. The van der Waals surface area contributed by atoms with Gasteiger partial charge in [0.25, 0.3) is 0 Å². The Morgan fingerprint density at radius 1 is 1.53 bits per heavy atom. The summed E-state index contributed by atoms with van der Waals surface area (Å²) in [5, 5.41) is 7.56. The number of nitrogens with zero attached hydrogens (tertiary/aromatic N) is 2. The van der Waals surface area contributed by atoms with E-state index in [9.17, 15) is 0 Å². The van der Waals surface area contributed by atoms with Crippen molar-refractivity contribution in [2.45, 2.75) is 6.92 Å². The summed E-state index contributed by atoms with van der Waals surface area (Å²) < 4.78 is 0.908. The van der Waals surface area contributed by atoms with Gasteiger partial charge in [0.1, 0.15) is 0 Å². The third-order valence-corrected chi connectivity index (χ3v) is 3.73. The molecule has 0 saturated heterocycles. The lowest BCUT2D eigenvalue weighted by molar-refractivity contribution is 1.22. The Labute approximate surface area is 117 Å². The average molecular weight is 331 g/mol. The molecular weight excluding hydrogens is 322 g/mol. The summed E-state index contributed by atoms with van der Waals surface area (Å²) in [6.45, 7) is 1.95. The highest BCUT2D eigenvalue weighted by molar-refractivity contribution is 9.10. The Morgan fingerprint density at radius 3 is 3.00 bits per heavy atom. The van der Waals surface area contributed by atoms with E-state index in [0.717, 1.165) is 20.9 Å². The molecule has 0 aliphatic carbocycles. The number of hydrazone groups is 1. The lowest BCUT2D eigenvalue weighted by Crippen LogP contribution is -1.90. The van der Waals surface area contributed by atoms with E-state index in [1.54, 1.807) is 6.21 Å². The topological polar surface area (TPSA) is 37.3 Å². The van der Waals surface area contributed by atoms with Crippen LogP contribution in [0.2, 0.25) is 5.02 Å². The maximum absolute atomic E-state index is 5.85. The number of benzene rings is 1. The molecule has 0 atom stereocenters. The van der Waals surface area contributed by atoms with Gasteiger partial charge in [0.15, 0.2) is 0 Å². The second-order valence-electron chi connectivity index (χ2n) is 3.33. The molecule has 88 valence electrons. The van der Waals surface area contributed by atoms with E-state index in [4.69, 9.17) is 11.6 Å². The van der Waals surface area contributed by atoms with Gasteiger partial charge in [-0.3, -0.25) is 5.43 Å². The molecule has 0 aliphatic heterocycles. The maximum Gasteiger partial charge on any atom is 0.203 e. The second-order valence-corrected chi connectivity index (χ2v) is 5.48. The van der Waals surface area contributed by atoms with Crippen LogP contribution in [0.25, 0.3) is 0 Å². The third kappa shape index (κ3) is 3.52. The van der Waals surface area contributed by atoms with Crippen LogP contribution >= 0.6 is 38.9 Å². The standard InChI is InChI=1S/C11H9BrClN3S/c1-7-6-17-11(15-7)16-14-5-8-2-3-9(13)4-10(8)12/h2-6H,1H3,(H,15,16). The molecule has 0 amide bonds. The van der Waals surface area contributed by atoms with Crippen LogP contribution in [0.15, 0.2) is 33.2 Å². The van der Waals surface area contributed by atoms with E-state index in [2.05, 4.69) is 31.4 Å². The quantitative estimate of drug-likeness (QED) is 0.672. The van der Waals surface area contributed by atoms with Crippen LogP contribution in [0.5, 0.6) is 0 Å². The summed E-state index contributed by atoms with van der Waals surface area (Å²) in [4.78, 5) is 4.24. The van der Waals surface area contributed by atoms with Crippen LogP contribution in [0, 0.1) is 6.92 Å². The van der Waals surface area contributed by atoms with Crippen molar-refractivity contribution < 1.29 is 0 Å². The SMILES string of the molecule is Cc1csc(NN=Cc2ccc(Cl)cc2Br)n1. The largest absolute Gasteiger partial charge is 0.253 e. The van der Waals surface area contributed by atoms with E-state index < -0.39 is 0 Å². The van der Waals surface area contributed by atoms with Crippen LogP contribution in [0.4, 0.5) is 5.13 Å². The molecular formula is C11H9BrClN3S. The number of anilines is 1. The molecule has 0 saturated carbocycles. The van der Waals surface area contributed by atoms with Crippen molar-refractivity contribution in [3.63, 3.8) is 0 Å². The van der Waals surface area contributed by atoms with Crippen LogP contribution in [-0.2, 0) is 0 Å². The van der Waals surface area contributed by atoms with Crippen molar-refractivity contribution in [3.05, 3.63) is 44.3 Å². The smallest absolute Gasteiger partial charge is 0.203 e. The summed E-state index contributed by atoms with van der Waals surface area (Å²) in [5.74, 6) is 0. The molecule has 3 nitrogen and oxygen atoms in total. The zero-order valence-electron chi connectivity index (χ0n) is 8.95. The van der Waals surface area contributed by atoms with Gasteiger partial charge in [0.05, 0.1) is 11.9 Å². The minimum absolute atomic E-state index is 0.692. The summed E-state index contributed by atoms with van der Waals surface area (Å²) in [7, 11) is 0. The minimum atomic E-state index is 0.692. The first-order chi connectivity index (χ1) is 8.15. The summed E-state index contributed by atoms with van der Waals surface area (Å²) in [5.41, 5.74) is 4.82. The molecule has 1 heterocycles. The van der Waals surface area contributed by atoms with Crippen LogP contribution < -0.4 is 5.43 Å². The number of rotatable bonds is 3. The number of aryl methyl sites for hydroxylation is 1. The van der Waals surface area contributed by atoms with Crippen molar-refractivity contribution in [2.24, 2.45) is 5.10 Å². The molecule has 6 heteroatoms. The fraction of sp³-hybridized carbons (Fsp3) is 0.0909. The van der Waals surface area contributed by atoms with Crippen molar-refractivity contribution in [1.29, 1.82) is 0 Å². The Kier molecular flexibility index (Phi) is 4.15. The van der Waals surface area contributed by atoms with Crippen LogP contribution in [0.1, 0.15) is 11.3 Å². The molecule has 1 aromatic carbocycles. The fourth-order valence-corrected chi connectivity index (χ4v) is 2.59. The van der Waals surface area contributed by atoms with Gasteiger partial charge >= 0.3 is 0 Å². The van der Waals surface area contributed by atoms with E-state index in [1.807, 2.05) is 30.5 Å². The lowest BCUT2D eigenvalue weighted by atomic mass is 10.2. The number of thiazole rings is 1. The highest BCUT2D eigenvalue weighted by Crippen LogP contribution is 2.20. The minimum Gasteiger partial charge on any atom is -0.253 e. The Morgan fingerprint density at radius 2 is 2.35 bits per heavy atom. The van der Waals surface area contributed by atoms with E-state index in [1.165, 1.54) is 11.3 Å². The first kappa shape index (κ1) is 12.5. The third-order valence-electron chi connectivity index (χ3n) is 1.95. The lowest BCUT2D eigenvalue weighted by Gasteiger charge is -1.98. The van der Waals surface area contributed by atoms with Crippen molar-refractivity contribution in [3.8, 4) is 0 Å². The highest BCUT2D eigenvalue weighted by Gasteiger charge is 1.98. The molecule has 0 aliphatic rings. The number of nitrogens with one attached hydrogen (secondary N) is 1. The average Bonchev–Trinajstić information content (AvgIpc) is 2.68. The molecule has 2 aromatic rings. The highest BCUT2D eigenvalue weighted by atomic mass is 79.9. The Bertz CT molecular complexity index is 553. The van der Waals surface area contributed by atoms with E-state index in [0.29, 0.717) is 5.02 Å². The van der Waals surface area contributed by atoms with Gasteiger partial charge in [-0.25, -0.2) is 4.98 Å². The first-order valence-corrected chi connectivity index (χ1v) is 6.86. The van der Waals surface area contributed by atoms with Gasteiger partial charge in [-0.2, -0.15) is 5.10 Å². The predicted molar refractivity (Wildman–Crippen MR) is 77.2 cm³/mol. The molecule has 0 fully saturated rings. The van der Waals surface area contributed by atoms with Gasteiger partial charge in [-0.15, -0.1) is 11.3 Å². The van der Waals surface area contributed by atoms with Gasteiger partial charge in [0.2, 0.25) is 5.13 Å². The van der Waals surface area contributed by atoms with Gasteiger partial charge in [-0.1, -0.05) is 33.6 Å². The first-order valence-electron chi connectivity index (χ1n) is 4.81. The molecule has 0 radical (unpaired) electrons. The molecule has 17 heavy (non-hydrogen) atoms. The zero-order valence-corrected chi connectivity index (χ0v) is 12.1. The fourth-order valence-electron chi connectivity index (χ4n) is 1.17. The zero-order chi connectivity index (χ0) is 12.3. The molecule has 1 aromatic heterocycles. The normalized spacial score (nSPS) is 11.0. The molecule has 2 rings (SSSR count). The summed E-state index contributed by atoms with van der Waals surface area (Å²) in [6.07, 6.45) is 1.72. The van der Waals surface area contributed by atoms with Gasteiger partial charge in [0, 0.05) is 20.4 Å². The maximum atomic E-state index is 5.85. The van der Waals surface area contributed by atoms with Crippen LogP contribution in [0.3, 0.4) is 0 Å². The summed E-state index contributed by atoms with van der Waals surface area (Å²) in [6, 6.07) is 5.54. The number of aromatic nitrogens is 1. The van der Waals surface area contributed by atoms with Crippen molar-refractivity contribution in [2.75, 3.05) is 5.43 Å². The molecule has 0 unspecified atom stereocenters. The van der Waals surface area contributed by atoms with Crippen LogP contribution in [-0.4, -0.2) is 11.2 Å². The Balaban J connectivity index is 2.05. The predicted octanol–water partition coefficient (Wildman–Crippen LogP) is 4.31. The molecule has 0 bridgehead atoms. The summed E-state index contributed by atoms with van der Waals surface area (Å²) >= 11 is 10.8. The number of halogens is 2. The second kappa shape index (κ2) is 5.62.